The Morgan fingerprint density at radius 3 is 2.50 bits per heavy atom. The summed E-state index contributed by atoms with van der Waals surface area (Å²) in [7, 11) is -1.92. The molecule has 1 aliphatic rings. The Bertz CT molecular complexity index is 642. The Labute approximate surface area is 119 Å². The van der Waals surface area contributed by atoms with Crippen molar-refractivity contribution in [2.75, 3.05) is 6.61 Å². The van der Waals surface area contributed by atoms with Gasteiger partial charge >= 0.3 is 5.97 Å². The van der Waals surface area contributed by atoms with E-state index in [1.165, 1.54) is 0 Å². The molecule has 0 bridgehead atoms. The Morgan fingerprint density at radius 2 is 2.00 bits per heavy atom. The molecular weight excluding hydrogens is 280 g/mol. The Hall–Kier alpha value is -1.34. The zero-order valence-electron chi connectivity index (χ0n) is 12.2. The molecule has 7 heteroatoms. The summed E-state index contributed by atoms with van der Waals surface area (Å²) in [5.41, 5.74) is 1.27. The van der Waals surface area contributed by atoms with E-state index in [2.05, 4.69) is 4.72 Å². The van der Waals surface area contributed by atoms with Crippen LogP contribution in [0.5, 0.6) is 0 Å². The number of carbonyl (C=O) groups excluding carboxylic acids is 1. The van der Waals surface area contributed by atoms with Crippen LogP contribution in [0.2, 0.25) is 0 Å². The lowest BCUT2D eigenvalue weighted by Crippen LogP contribution is -2.26. The van der Waals surface area contributed by atoms with E-state index >= 15 is 0 Å². The summed E-state index contributed by atoms with van der Waals surface area (Å²) in [5.74, 6) is -0.497. The summed E-state index contributed by atoms with van der Waals surface area (Å²) >= 11 is 0. The van der Waals surface area contributed by atoms with Crippen LogP contribution in [0.1, 0.15) is 41.5 Å². The minimum absolute atomic E-state index is 0.0325. The van der Waals surface area contributed by atoms with Gasteiger partial charge in [0.25, 0.3) is 0 Å². The number of ether oxygens (including phenoxy) is 1. The SMILES string of the molecule is CCOC(=O)c1c(C)c(S(=O)(=O)NC2CC2)c(C)n1C. The monoisotopic (exact) mass is 300 g/mol. The van der Waals surface area contributed by atoms with E-state index in [0.717, 1.165) is 12.8 Å². The van der Waals surface area contributed by atoms with Crippen LogP contribution in [0, 0.1) is 13.8 Å². The van der Waals surface area contributed by atoms with Crippen molar-refractivity contribution in [1.29, 1.82) is 0 Å². The van der Waals surface area contributed by atoms with E-state index in [1.807, 2.05) is 0 Å². The van der Waals surface area contributed by atoms with Crippen molar-refractivity contribution in [2.45, 2.75) is 44.6 Å². The van der Waals surface area contributed by atoms with Gasteiger partial charge < -0.3 is 9.30 Å². The number of hydrogen-bond donors (Lipinski definition) is 1. The molecule has 1 aromatic rings. The number of hydrogen-bond acceptors (Lipinski definition) is 4. The van der Waals surface area contributed by atoms with Crippen molar-refractivity contribution < 1.29 is 17.9 Å². The van der Waals surface area contributed by atoms with Gasteiger partial charge in [-0.2, -0.15) is 0 Å². The molecule has 0 amide bonds. The van der Waals surface area contributed by atoms with E-state index < -0.39 is 16.0 Å². The number of nitrogens with one attached hydrogen (secondary N) is 1. The highest BCUT2D eigenvalue weighted by molar-refractivity contribution is 7.89. The minimum atomic E-state index is -3.59. The molecule has 112 valence electrons. The first kappa shape index (κ1) is 15.1. The fourth-order valence-electron chi connectivity index (χ4n) is 2.32. The predicted octanol–water partition coefficient (Wildman–Crippen LogP) is 1.26. The predicted molar refractivity (Wildman–Crippen MR) is 74.2 cm³/mol. The Balaban J connectivity index is 2.49. The van der Waals surface area contributed by atoms with Crippen molar-refractivity contribution >= 4 is 16.0 Å². The third-order valence-corrected chi connectivity index (χ3v) is 5.28. The van der Waals surface area contributed by atoms with Crippen molar-refractivity contribution in [3.8, 4) is 0 Å². The summed E-state index contributed by atoms with van der Waals surface area (Å²) in [5, 5.41) is 0. The van der Waals surface area contributed by atoms with Crippen molar-refractivity contribution in [3.05, 3.63) is 17.0 Å². The first-order valence-electron chi connectivity index (χ1n) is 6.65. The molecule has 2 rings (SSSR count). The standard InChI is InChI=1S/C13H20N2O4S/c1-5-19-13(16)11-8(2)12(9(3)15(11)4)20(17,18)14-10-6-7-10/h10,14H,5-7H2,1-4H3. The topological polar surface area (TPSA) is 77.4 Å². The second kappa shape index (κ2) is 5.21. The van der Waals surface area contributed by atoms with E-state index in [1.54, 1.807) is 32.4 Å². The molecule has 0 saturated heterocycles. The lowest BCUT2D eigenvalue weighted by Gasteiger charge is -2.06. The zero-order chi connectivity index (χ0) is 15.1. The van der Waals surface area contributed by atoms with Gasteiger partial charge in [0.1, 0.15) is 10.6 Å². The number of nitrogens with zero attached hydrogens (tertiary/aromatic N) is 1. The van der Waals surface area contributed by atoms with Gasteiger partial charge in [0.2, 0.25) is 10.0 Å². The van der Waals surface area contributed by atoms with E-state index in [-0.39, 0.29) is 17.5 Å². The zero-order valence-corrected chi connectivity index (χ0v) is 13.0. The molecule has 0 spiro atoms. The van der Waals surface area contributed by atoms with Gasteiger partial charge in [-0.15, -0.1) is 0 Å². The highest BCUT2D eigenvalue weighted by atomic mass is 32.2. The maximum Gasteiger partial charge on any atom is 0.355 e. The Morgan fingerprint density at radius 1 is 1.40 bits per heavy atom. The number of aromatic nitrogens is 1. The molecule has 0 atom stereocenters. The largest absolute Gasteiger partial charge is 0.461 e. The van der Waals surface area contributed by atoms with Gasteiger partial charge in [-0.05, 0) is 33.6 Å². The van der Waals surface area contributed by atoms with Crippen molar-refractivity contribution in [1.82, 2.24) is 9.29 Å². The third-order valence-electron chi connectivity index (χ3n) is 3.50. The maximum atomic E-state index is 12.4. The van der Waals surface area contributed by atoms with Gasteiger partial charge in [-0.3, -0.25) is 0 Å². The molecule has 0 aromatic carbocycles. The van der Waals surface area contributed by atoms with Gasteiger partial charge in [0.05, 0.1) is 6.61 Å². The quantitative estimate of drug-likeness (QED) is 0.830. The normalized spacial score (nSPS) is 15.4. The van der Waals surface area contributed by atoms with E-state index in [9.17, 15) is 13.2 Å². The highest BCUT2D eigenvalue weighted by Crippen LogP contribution is 2.29. The third kappa shape index (κ3) is 2.60. The van der Waals surface area contributed by atoms with Gasteiger partial charge in [0.15, 0.2) is 0 Å². The molecule has 1 heterocycles. The molecule has 1 aromatic heterocycles. The highest BCUT2D eigenvalue weighted by Gasteiger charge is 2.33. The van der Waals surface area contributed by atoms with Crippen LogP contribution >= 0.6 is 0 Å². The number of sulfonamides is 1. The smallest absolute Gasteiger partial charge is 0.355 e. The van der Waals surface area contributed by atoms with E-state index in [4.69, 9.17) is 4.74 Å². The summed E-state index contributed by atoms with van der Waals surface area (Å²) in [6.45, 7) is 5.30. The second-order valence-corrected chi connectivity index (χ2v) is 6.71. The molecule has 1 fully saturated rings. The van der Waals surface area contributed by atoms with Crippen LogP contribution in [-0.2, 0) is 21.8 Å². The molecular formula is C13H20N2O4S. The molecule has 0 aliphatic heterocycles. The van der Waals surface area contributed by atoms with Gasteiger partial charge in [-0.25, -0.2) is 17.9 Å². The summed E-state index contributed by atoms with van der Waals surface area (Å²) in [6.07, 6.45) is 1.74. The summed E-state index contributed by atoms with van der Waals surface area (Å²) < 4.78 is 34.0. The molecule has 1 aliphatic carbocycles. The van der Waals surface area contributed by atoms with Crippen LogP contribution in [0.4, 0.5) is 0 Å². The maximum absolute atomic E-state index is 12.4. The number of carbonyl (C=O) groups is 1. The van der Waals surface area contributed by atoms with E-state index in [0.29, 0.717) is 17.0 Å². The molecule has 0 radical (unpaired) electrons. The van der Waals surface area contributed by atoms with Crippen LogP contribution < -0.4 is 4.72 Å². The average molecular weight is 300 g/mol. The number of esters is 1. The summed E-state index contributed by atoms with van der Waals surface area (Å²) in [4.78, 5) is 12.1. The second-order valence-electron chi connectivity index (χ2n) is 5.06. The molecule has 1 N–H and O–H groups in total. The first-order valence-corrected chi connectivity index (χ1v) is 8.13. The van der Waals surface area contributed by atoms with Crippen LogP contribution in [0.3, 0.4) is 0 Å². The molecule has 6 nitrogen and oxygen atoms in total. The summed E-state index contributed by atoms with van der Waals surface area (Å²) in [6, 6.07) is 0.0325. The number of rotatable bonds is 5. The lowest BCUT2D eigenvalue weighted by molar-refractivity contribution is 0.0514. The molecule has 20 heavy (non-hydrogen) atoms. The Kier molecular flexibility index (Phi) is 3.93. The minimum Gasteiger partial charge on any atom is -0.461 e. The first-order chi connectivity index (χ1) is 9.29. The average Bonchev–Trinajstić information content (AvgIpc) is 3.08. The van der Waals surface area contributed by atoms with Gasteiger partial charge in [-0.1, -0.05) is 0 Å². The fourth-order valence-corrected chi connectivity index (χ4v) is 4.13. The molecule has 1 saturated carbocycles. The van der Waals surface area contributed by atoms with Crippen molar-refractivity contribution in [3.63, 3.8) is 0 Å². The van der Waals surface area contributed by atoms with Gasteiger partial charge in [0, 0.05) is 24.3 Å². The van der Waals surface area contributed by atoms with Crippen LogP contribution in [0.25, 0.3) is 0 Å². The fraction of sp³-hybridized carbons (Fsp3) is 0.615. The lowest BCUT2D eigenvalue weighted by atomic mass is 10.2. The van der Waals surface area contributed by atoms with Crippen LogP contribution in [-0.4, -0.2) is 31.6 Å². The van der Waals surface area contributed by atoms with Crippen molar-refractivity contribution in [2.24, 2.45) is 7.05 Å². The van der Waals surface area contributed by atoms with Crippen LogP contribution in [0.15, 0.2) is 4.90 Å². The molecule has 0 unspecified atom stereocenters.